The summed E-state index contributed by atoms with van der Waals surface area (Å²) < 4.78 is 10.9. The van der Waals surface area contributed by atoms with Crippen molar-refractivity contribution in [3.63, 3.8) is 0 Å². The third-order valence-electron chi connectivity index (χ3n) is 3.48. The molecule has 3 heteroatoms. The lowest BCUT2D eigenvalue weighted by Crippen LogP contribution is -2.02. The molecule has 1 unspecified atom stereocenters. The highest BCUT2D eigenvalue weighted by Gasteiger charge is 2.34. The number of ether oxygens (including phenoxy) is 2. The van der Waals surface area contributed by atoms with Crippen molar-refractivity contribution < 1.29 is 14.3 Å². The minimum absolute atomic E-state index is 0.314. The topological polar surface area (TPSA) is 35.5 Å². The van der Waals surface area contributed by atoms with Crippen LogP contribution in [0, 0.1) is 0 Å². The van der Waals surface area contributed by atoms with Crippen LogP contribution in [-0.2, 0) is 4.74 Å². The Morgan fingerprint density at radius 1 is 1.15 bits per heavy atom. The van der Waals surface area contributed by atoms with Crippen LogP contribution < -0.4 is 4.74 Å². The zero-order valence-corrected chi connectivity index (χ0v) is 11.1. The molecule has 1 heterocycles. The van der Waals surface area contributed by atoms with Crippen LogP contribution in [-0.4, -0.2) is 13.1 Å². The minimum atomic E-state index is -0.423. The van der Waals surface area contributed by atoms with Gasteiger partial charge in [-0.15, -0.1) is 0 Å². The molecular formula is C17H14O3. The van der Waals surface area contributed by atoms with Crippen LogP contribution in [0.5, 0.6) is 5.75 Å². The molecule has 20 heavy (non-hydrogen) atoms. The fraction of sp³-hybridized carbons (Fsp3) is 0.118. The number of para-hydroxylation sites is 1. The number of carbonyl (C=O) groups excluding carboxylic acids is 1. The Hall–Kier alpha value is -2.55. The molecular weight excluding hydrogens is 252 g/mol. The molecule has 3 nitrogen and oxygen atoms in total. The average molecular weight is 266 g/mol. The number of carbonyl (C=O) groups is 1. The molecule has 0 saturated heterocycles. The summed E-state index contributed by atoms with van der Waals surface area (Å²) in [6.45, 7) is 3.74. The molecule has 0 aliphatic carbocycles. The molecule has 0 fully saturated rings. The van der Waals surface area contributed by atoms with Crippen LogP contribution in [0.4, 0.5) is 0 Å². The molecule has 2 aromatic carbocycles. The lowest BCUT2D eigenvalue weighted by Gasteiger charge is -2.14. The largest absolute Gasteiger partial charge is 0.496 e. The van der Waals surface area contributed by atoms with Crippen molar-refractivity contribution in [2.45, 2.75) is 6.10 Å². The van der Waals surface area contributed by atoms with E-state index in [0.717, 1.165) is 16.7 Å². The van der Waals surface area contributed by atoms with Gasteiger partial charge in [0.2, 0.25) is 0 Å². The van der Waals surface area contributed by atoms with Crippen LogP contribution in [0.3, 0.4) is 0 Å². The van der Waals surface area contributed by atoms with E-state index >= 15 is 0 Å². The van der Waals surface area contributed by atoms with Crippen LogP contribution in [0.15, 0.2) is 49.0 Å². The van der Waals surface area contributed by atoms with Crippen LogP contribution >= 0.6 is 0 Å². The summed E-state index contributed by atoms with van der Waals surface area (Å²) in [5.41, 5.74) is 3.10. The first kappa shape index (κ1) is 12.5. The molecule has 0 aromatic heterocycles. The molecule has 1 aliphatic heterocycles. The van der Waals surface area contributed by atoms with Crippen molar-refractivity contribution in [3.8, 4) is 5.75 Å². The Morgan fingerprint density at radius 3 is 2.65 bits per heavy atom. The maximum Gasteiger partial charge on any atom is 0.340 e. The fourth-order valence-corrected chi connectivity index (χ4v) is 2.56. The highest BCUT2D eigenvalue weighted by Crippen LogP contribution is 2.40. The minimum Gasteiger partial charge on any atom is -0.496 e. The van der Waals surface area contributed by atoms with Crippen molar-refractivity contribution in [1.29, 1.82) is 0 Å². The first-order valence-corrected chi connectivity index (χ1v) is 6.35. The Kier molecular flexibility index (Phi) is 3.03. The standard InChI is InChI=1S/C17H14O3/c1-3-11-7-6-9-13-15(11)17(18)20-16(13)12-8-4-5-10-14(12)19-2/h3-10,16H,1H2,2H3. The average Bonchev–Trinajstić information content (AvgIpc) is 2.84. The predicted octanol–water partition coefficient (Wildman–Crippen LogP) is 3.60. The van der Waals surface area contributed by atoms with Crippen molar-refractivity contribution in [3.05, 3.63) is 71.3 Å². The third-order valence-corrected chi connectivity index (χ3v) is 3.48. The summed E-state index contributed by atoms with van der Waals surface area (Å²) in [5.74, 6) is 0.397. The smallest absolute Gasteiger partial charge is 0.340 e. The summed E-state index contributed by atoms with van der Waals surface area (Å²) in [7, 11) is 1.61. The number of rotatable bonds is 3. The zero-order valence-electron chi connectivity index (χ0n) is 11.1. The van der Waals surface area contributed by atoms with Crippen molar-refractivity contribution >= 4 is 12.0 Å². The maximum atomic E-state index is 12.1. The van der Waals surface area contributed by atoms with E-state index in [9.17, 15) is 4.79 Å². The molecule has 0 N–H and O–H groups in total. The number of fused-ring (bicyclic) bond motifs is 1. The number of methoxy groups -OCH3 is 1. The molecule has 0 spiro atoms. The van der Waals surface area contributed by atoms with Crippen LogP contribution in [0.1, 0.15) is 33.2 Å². The number of benzene rings is 2. The summed E-state index contributed by atoms with van der Waals surface area (Å²) in [6.07, 6.45) is 1.25. The van der Waals surface area contributed by atoms with E-state index in [1.54, 1.807) is 13.2 Å². The van der Waals surface area contributed by atoms with E-state index in [0.29, 0.717) is 11.3 Å². The third kappa shape index (κ3) is 1.79. The molecule has 100 valence electrons. The van der Waals surface area contributed by atoms with Gasteiger partial charge in [-0.3, -0.25) is 0 Å². The maximum absolute atomic E-state index is 12.1. The summed E-state index contributed by atoms with van der Waals surface area (Å²) >= 11 is 0. The van der Waals surface area contributed by atoms with Gasteiger partial charge in [-0.05, 0) is 11.6 Å². The Morgan fingerprint density at radius 2 is 1.90 bits per heavy atom. The predicted molar refractivity (Wildman–Crippen MR) is 76.8 cm³/mol. The van der Waals surface area contributed by atoms with Crippen LogP contribution in [0.25, 0.3) is 6.08 Å². The summed E-state index contributed by atoms with van der Waals surface area (Å²) in [5, 5.41) is 0. The number of cyclic esters (lactones) is 1. The Balaban J connectivity index is 2.17. The monoisotopic (exact) mass is 266 g/mol. The van der Waals surface area contributed by atoms with Gasteiger partial charge in [0.25, 0.3) is 0 Å². The highest BCUT2D eigenvalue weighted by molar-refractivity contribution is 5.98. The lowest BCUT2D eigenvalue weighted by atomic mass is 9.95. The van der Waals surface area contributed by atoms with E-state index in [1.165, 1.54) is 0 Å². The first-order valence-electron chi connectivity index (χ1n) is 6.35. The van der Waals surface area contributed by atoms with Gasteiger partial charge in [0.15, 0.2) is 6.10 Å². The van der Waals surface area contributed by atoms with Gasteiger partial charge in [-0.1, -0.05) is 49.1 Å². The van der Waals surface area contributed by atoms with Gasteiger partial charge in [0.1, 0.15) is 5.75 Å². The van der Waals surface area contributed by atoms with Gasteiger partial charge in [-0.2, -0.15) is 0 Å². The van der Waals surface area contributed by atoms with E-state index in [1.807, 2.05) is 42.5 Å². The second kappa shape index (κ2) is 4.85. The molecule has 1 aliphatic rings. The summed E-state index contributed by atoms with van der Waals surface area (Å²) in [4.78, 5) is 12.1. The molecule has 0 radical (unpaired) electrons. The van der Waals surface area contributed by atoms with Gasteiger partial charge in [0, 0.05) is 11.1 Å². The quantitative estimate of drug-likeness (QED) is 0.796. The first-order chi connectivity index (χ1) is 9.76. The second-order valence-electron chi connectivity index (χ2n) is 4.54. The van der Waals surface area contributed by atoms with Crippen molar-refractivity contribution in [2.24, 2.45) is 0 Å². The normalized spacial score (nSPS) is 16.4. The molecule has 0 bridgehead atoms. The molecule has 3 rings (SSSR count). The van der Waals surface area contributed by atoms with E-state index in [4.69, 9.17) is 9.47 Å². The zero-order chi connectivity index (χ0) is 14.1. The second-order valence-corrected chi connectivity index (χ2v) is 4.54. The van der Waals surface area contributed by atoms with Crippen molar-refractivity contribution in [1.82, 2.24) is 0 Å². The number of hydrogen-bond donors (Lipinski definition) is 0. The van der Waals surface area contributed by atoms with Gasteiger partial charge in [0.05, 0.1) is 12.7 Å². The molecule has 1 atom stereocenters. The van der Waals surface area contributed by atoms with Crippen LogP contribution in [0.2, 0.25) is 0 Å². The van der Waals surface area contributed by atoms with Gasteiger partial charge >= 0.3 is 5.97 Å². The highest BCUT2D eigenvalue weighted by atomic mass is 16.6. The van der Waals surface area contributed by atoms with E-state index in [-0.39, 0.29) is 5.97 Å². The Bertz CT molecular complexity index is 688. The van der Waals surface area contributed by atoms with Crippen molar-refractivity contribution in [2.75, 3.05) is 7.11 Å². The molecule has 2 aromatic rings. The van der Waals surface area contributed by atoms with Gasteiger partial charge in [-0.25, -0.2) is 4.79 Å². The lowest BCUT2D eigenvalue weighted by molar-refractivity contribution is 0.0452. The van der Waals surface area contributed by atoms with Gasteiger partial charge < -0.3 is 9.47 Å². The number of hydrogen-bond acceptors (Lipinski definition) is 3. The van der Waals surface area contributed by atoms with E-state index in [2.05, 4.69) is 6.58 Å². The Labute approximate surface area is 117 Å². The molecule has 0 saturated carbocycles. The fourth-order valence-electron chi connectivity index (χ4n) is 2.56. The number of esters is 1. The van der Waals surface area contributed by atoms with E-state index < -0.39 is 6.10 Å². The molecule has 0 amide bonds. The summed E-state index contributed by atoms with van der Waals surface area (Å²) in [6, 6.07) is 13.2. The SMILES string of the molecule is C=Cc1cccc2c1C(=O)OC2c1ccccc1OC.